The highest BCUT2D eigenvalue weighted by Crippen LogP contribution is 1.96. The monoisotopic (exact) mass is 228 g/mol. The molecule has 0 aromatic rings. The Labute approximate surface area is 98.3 Å². The van der Waals surface area contributed by atoms with E-state index in [1.807, 2.05) is 18.7 Å². The van der Waals surface area contributed by atoms with Crippen LogP contribution in [0.4, 0.5) is 0 Å². The van der Waals surface area contributed by atoms with E-state index in [1.54, 1.807) is 6.92 Å². The van der Waals surface area contributed by atoms with E-state index in [9.17, 15) is 5.11 Å². The lowest BCUT2D eigenvalue weighted by atomic mass is 10.3. The second-order valence-corrected chi connectivity index (χ2v) is 3.69. The van der Waals surface area contributed by atoms with Gasteiger partial charge in [0.2, 0.25) is 0 Å². The Kier molecular flexibility index (Phi) is 8.99. The highest BCUT2D eigenvalue weighted by molar-refractivity contribution is 5.61. The van der Waals surface area contributed by atoms with E-state index in [2.05, 4.69) is 22.0 Å². The van der Waals surface area contributed by atoms with Crippen molar-refractivity contribution in [1.82, 2.24) is 10.2 Å². The molecule has 16 heavy (non-hydrogen) atoms. The summed E-state index contributed by atoms with van der Waals surface area (Å²) in [7, 11) is 0. The minimum absolute atomic E-state index is 0.0622. The first-order chi connectivity index (χ1) is 7.61. The summed E-state index contributed by atoms with van der Waals surface area (Å²) in [5.74, 6) is 0. The number of hydrogen-bond donors (Lipinski definition) is 2. The first kappa shape index (κ1) is 15.2. The molecule has 5 nitrogen and oxygen atoms in total. The van der Waals surface area contributed by atoms with Gasteiger partial charge in [-0.1, -0.05) is 6.92 Å². The molecule has 0 amide bonds. The van der Waals surface area contributed by atoms with Gasteiger partial charge in [-0.25, -0.2) is 0 Å². The lowest BCUT2D eigenvalue weighted by Crippen LogP contribution is -2.35. The van der Waals surface area contributed by atoms with Crippen LogP contribution in [0.25, 0.3) is 0 Å². The molecule has 0 aliphatic heterocycles. The topological polar surface area (TPSA) is 60.2 Å². The number of nitrogens with zero attached hydrogens (tertiary/aromatic N) is 3. The average molecular weight is 228 g/mol. The molecule has 2 atom stereocenters. The third-order valence-corrected chi connectivity index (χ3v) is 2.37. The van der Waals surface area contributed by atoms with Gasteiger partial charge in [0.05, 0.1) is 6.17 Å². The van der Waals surface area contributed by atoms with Crippen LogP contribution < -0.4 is 5.32 Å². The fourth-order valence-electron chi connectivity index (χ4n) is 1.40. The number of aliphatic hydroxyl groups is 1. The zero-order chi connectivity index (χ0) is 12.4. The van der Waals surface area contributed by atoms with Gasteiger partial charge >= 0.3 is 0 Å². The molecule has 0 saturated heterocycles. The van der Waals surface area contributed by atoms with Crippen LogP contribution >= 0.6 is 0 Å². The van der Waals surface area contributed by atoms with Crippen LogP contribution in [0, 0.1) is 0 Å². The minimum Gasteiger partial charge on any atom is -0.379 e. The zero-order valence-electron chi connectivity index (χ0n) is 10.6. The molecule has 0 aromatic carbocycles. The van der Waals surface area contributed by atoms with E-state index in [0.717, 1.165) is 26.1 Å². The lowest BCUT2D eigenvalue weighted by Gasteiger charge is -2.23. The van der Waals surface area contributed by atoms with Crippen molar-refractivity contribution in [3.05, 3.63) is 0 Å². The Morgan fingerprint density at radius 2 is 2.19 bits per heavy atom. The molecule has 0 aromatic heterocycles. The molecule has 0 aliphatic rings. The Morgan fingerprint density at radius 1 is 1.50 bits per heavy atom. The maximum absolute atomic E-state index is 9.40. The van der Waals surface area contributed by atoms with Gasteiger partial charge in [0, 0.05) is 6.54 Å². The highest BCUT2D eigenvalue weighted by Gasteiger charge is 2.07. The summed E-state index contributed by atoms with van der Waals surface area (Å²) in [6.45, 7) is 11.8. The van der Waals surface area contributed by atoms with Gasteiger partial charge in [0.1, 0.15) is 12.6 Å². The van der Waals surface area contributed by atoms with Crippen LogP contribution in [-0.4, -0.2) is 55.1 Å². The van der Waals surface area contributed by atoms with Crippen LogP contribution in [0.3, 0.4) is 0 Å². The standard InChI is InChI=1S/C11H24N4O/c1-5-15(11(3)16)8-6-7-13-10(2)14-9-12-4/h9-11,13,16H,4-8H2,1-3H3. The van der Waals surface area contributed by atoms with E-state index in [0.29, 0.717) is 0 Å². The molecule has 0 saturated carbocycles. The highest BCUT2D eigenvalue weighted by atomic mass is 16.3. The predicted molar refractivity (Wildman–Crippen MR) is 69.1 cm³/mol. The summed E-state index contributed by atoms with van der Waals surface area (Å²) in [5, 5.41) is 12.6. The van der Waals surface area contributed by atoms with Gasteiger partial charge in [-0.2, -0.15) is 0 Å². The minimum atomic E-state index is -0.370. The zero-order valence-corrected chi connectivity index (χ0v) is 10.6. The Balaban J connectivity index is 3.58. The third-order valence-electron chi connectivity index (χ3n) is 2.37. The number of nitrogens with one attached hydrogen (secondary N) is 1. The number of aliphatic hydroxyl groups excluding tert-OH is 1. The number of aliphatic imine (C=N–C) groups is 2. The number of hydrogen-bond acceptors (Lipinski definition) is 4. The van der Waals surface area contributed by atoms with Crippen molar-refractivity contribution in [2.24, 2.45) is 9.98 Å². The van der Waals surface area contributed by atoms with Crippen molar-refractivity contribution >= 4 is 13.1 Å². The maximum Gasteiger partial charge on any atom is 0.111 e. The van der Waals surface area contributed by atoms with E-state index >= 15 is 0 Å². The summed E-state index contributed by atoms with van der Waals surface area (Å²) in [6, 6.07) is 0. The quantitative estimate of drug-likeness (QED) is 0.264. The van der Waals surface area contributed by atoms with Crippen molar-refractivity contribution in [3.8, 4) is 0 Å². The second kappa shape index (κ2) is 9.45. The largest absolute Gasteiger partial charge is 0.379 e. The van der Waals surface area contributed by atoms with Crippen LogP contribution in [0.2, 0.25) is 0 Å². The van der Waals surface area contributed by atoms with E-state index in [-0.39, 0.29) is 12.4 Å². The third kappa shape index (κ3) is 7.50. The molecule has 2 N–H and O–H groups in total. The van der Waals surface area contributed by atoms with Crippen molar-refractivity contribution in [2.75, 3.05) is 19.6 Å². The second-order valence-electron chi connectivity index (χ2n) is 3.69. The van der Waals surface area contributed by atoms with E-state index in [4.69, 9.17) is 0 Å². The normalized spacial score (nSPS) is 15.6. The van der Waals surface area contributed by atoms with Gasteiger partial charge in [-0.05, 0) is 40.1 Å². The molecule has 0 aliphatic carbocycles. The van der Waals surface area contributed by atoms with Crippen molar-refractivity contribution in [2.45, 2.75) is 39.6 Å². The first-order valence-electron chi connectivity index (χ1n) is 5.74. The van der Waals surface area contributed by atoms with Crippen LogP contribution in [-0.2, 0) is 0 Å². The SMILES string of the molecule is C=NC=NC(C)NCCCN(CC)C(C)O. The molecule has 0 rings (SSSR count). The summed E-state index contributed by atoms with van der Waals surface area (Å²) in [6.07, 6.45) is 2.13. The first-order valence-corrected chi connectivity index (χ1v) is 5.74. The molecule has 0 heterocycles. The number of rotatable bonds is 9. The molecular formula is C11H24N4O. The molecular weight excluding hydrogens is 204 g/mol. The van der Waals surface area contributed by atoms with Gasteiger partial charge in [-0.15, -0.1) is 0 Å². The Hall–Kier alpha value is -0.780. The summed E-state index contributed by atoms with van der Waals surface area (Å²) in [5.41, 5.74) is 0. The van der Waals surface area contributed by atoms with E-state index in [1.165, 1.54) is 6.34 Å². The molecule has 5 heteroatoms. The van der Waals surface area contributed by atoms with Gasteiger partial charge in [0.15, 0.2) is 0 Å². The maximum atomic E-state index is 9.40. The smallest absolute Gasteiger partial charge is 0.111 e. The van der Waals surface area contributed by atoms with Gasteiger partial charge in [-0.3, -0.25) is 20.2 Å². The average Bonchev–Trinajstić information content (AvgIpc) is 2.25. The Bertz CT molecular complexity index is 206. The predicted octanol–water partition coefficient (Wildman–Crippen LogP) is 0.701. The summed E-state index contributed by atoms with van der Waals surface area (Å²) in [4.78, 5) is 9.65. The molecule has 0 spiro atoms. The fraction of sp³-hybridized carbons (Fsp3) is 0.818. The Morgan fingerprint density at radius 3 is 2.69 bits per heavy atom. The van der Waals surface area contributed by atoms with Crippen molar-refractivity contribution in [3.63, 3.8) is 0 Å². The van der Waals surface area contributed by atoms with Crippen molar-refractivity contribution < 1.29 is 5.11 Å². The van der Waals surface area contributed by atoms with Crippen LogP contribution in [0.15, 0.2) is 9.98 Å². The molecule has 94 valence electrons. The summed E-state index contributed by atoms with van der Waals surface area (Å²) < 4.78 is 0. The summed E-state index contributed by atoms with van der Waals surface area (Å²) >= 11 is 0. The van der Waals surface area contributed by atoms with Gasteiger partial charge < -0.3 is 5.11 Å². The molecule has 2 unspecified atom stereocenters. The lowest BCUT2D eigenvalue weighted by molar-refractivity contribution is 0.0218. The van der Waals surface area contributed by atoms with E-state index < -0.39 is 0 Å². The molecule has 0 radical (unpaired) electrons. The van der Waals surface area contributed by atoms with Crippen molar-refractivity contribution in [1.29, 1.82) is 0 Å². The van der Waals surface area contributed by atoms with Crippen LogP contribution in [0.5, 0.6) is 0 Å². The molecule has 0 bridgehead atoms. The van der Waals surface area contributed by atoms with Crippen LogP contribution in [0.1, 0.15) is 27.2 Å². The molecule has 0 fully saturated rings. The fourth-order valence-corrected chi connectivity index (χ4v) is 1.40. The van der Waals surface area contributed by atoms with Gasteiger partial charge in [0.25, 0.3) is 0 Å².